The third-order valence-corrected chi connectivity index (χ3v) is 4.15. The van der Waals surface area contributed by atoms with Gasteiger partial charge < -0.3 is 14.9 Å². The number of carboxylic acids is 1. The number of carbonyl (C=O) groups is 1. The molecule has 0 saturated carbocycles. The standard InChI is InChI=1S/C15H21NO4/c1-15(14(18)19,16-8-4-3-5-9-16)11-6-7-12(17)13(10-11)20-2/h6-7,10,17H,3-5,8-9H2,1-2H3,(H,18,19). The first-order chi connectivity index (χ1) is 9.50. The van der Waals surface area contributed by atoms with Gasteiger partial charge in [-0.2, -0.15) is 0 Å². The highest BCUT2D eigenvalue weighted by Crippen LogP contribution is 2.36. The number of ether oxygens (including phenoxy) is 1. The topological polar surface area (TPSA) is 70.0 Å². The zero-order valence-electron chi connectivity index (χ0n) is 11.9. The van der Waals surface area contributed by atoms with Crippen molar-refractivity contribution in [3.05, 3.63) is 23.8 Å². The van der Waals surface area contributed by atoms with Crippen LogP contribution < -0.4 is 4.74 Å². The zero-order chi connectivity index (χ0) is 14.8. The van der Waals surface area contributed by atoms with Gasteiger partial charge in [0.1, 0.15) is 5.54 Å². The Bertz CT molecular complexity index is 497. The Morgan fingerprint density at radius 3 is 2.50 bits per heavy atom. The number of aliphatic carboxylic acids is 1. The van der Waals surface area contributed by atoms with Crippen molar-refractivity contribution in [1.29, 1.82) is 0 Å². The van der Waals surface area contributed by atoms with E-state index in [1.54, 1.807) is 19.1 Å². The fourth-order valence-corrected chi connectivity index (χ4v) is 2.76. The van der Waals surface area contributed by atoms with Gasteiger partial charge in [-0.15, -0.1) is 0 Å². The molecule has 5 heteroatoms. The summed E-state index contributed by atoms with van der Waals surface area (Å²) >= 11 is 0. The normalized spacial score (nSPS) is 19.3. The molecule has 1 saturated heterocycles. The largest absolute Gasteiger partial charge is 0.504 e. The van der Waals surface area contributed by atoms with Crippen LogP contribution in [0.3, 0.4) is 0 Å². The van der Waals surface area contributed by atoms with Crippen molar-refractivity contribution < 1.29 is 19.7 Å². The van der Waals surface area contributed by atoms with E-state index in [-0.39, 0.29) is 5.75 Å². The number of benzene rings is 1. The number of hydrogen-bond acceptors (Lipinski definition) is 4. The van der Waals surface area contributed by atoms with Gasteiger partial charge >= 0.3 is 5.97 Å². The van der Waals surface area contributed by atoms with Crippen molar-refractivity contribution in [1.82, 2.24) is 4.90 Å². The number of carboxylic acid groups (broad SMARTS) is 1. The number of rotatable bonds is 4. The molecule has 2 rings (SSSR count). The van der Waals surface area contributed by atoms with E-state index in [0.717, 1.165) is 32.4 Å². The highest BCUT2D eigenvalue weighted by atomic mass is 16.5. The lowest BCUT2D eigenvalue weighted by molar-refractivity contribution is -0.152. The van der Waals surface area contributed by atoms with E-state index in [2.05, 4.69) is 0 Å². The molecule has 110 valence electrons. The lowest BCUT2D eigenvalue weighted by Gasteiger charge is -2.40. The fraction of sp³-hybridized carbons (Fsp3) is 0.533. The number of piperidine rings is 1. The van der Waals surface area contributed by atoms with Gasteiger partial charge in [0.25, 0.3) is 0 Å². The molecule has 1 aromatic carbocycles. The molecule has 1 heterocycles. The first-order valence-electron chi connectivity index (χ1n) is 6.86. The highest BCUT2D eigenvalue weighted by molar-refractivity contribution is 5.80. The molecule has 1 fully saturated rings. The maximum Gasteiger partial charge on any atom is 0.328 e. The lowest BCUT2D eigenvalue weighted by Crippen LogP contribution is -2.51. The molecule has 1 atom stereocenters. The van der Waals surface area contributed by atoms with Crippen LogP contribution in [0.15, 0.2) is 18.2 Å². The lowest BCUT2D eigenvalue weighted by atomic mass is 9.88. The predicted octanol–water partition coefficient (Wildman–Crippen LogP) is 2.19. The third kappa shape index (κ3) is 2.45. The molecule has 1 aliphatic heterocycles. The van der Waals surface area contributed by atoms with Crippen molar-refractivity contribution in [3.8, 4) is 11.5 Å². The first kappa shape index (κ1) is 14.7. The van der Waals surface area contributed by atoms with Crippen molar-refractivity contribution in [3.63, 3.8) is 0 Å². The van der Waals surface area contributed by atoms with Gasteiger partial charge in [0, 0.05) is 0 Å². The quantitative estimate of drug-likeness (QED) is 0.884. The fourth-order valence-electron chi connectivity index (χ4n) is 2.76. The smallest absolute Gasteiger partial charge is 0.328 e. The molecule has 2 N–H and O–H groups in total. The van der Waals surface area contributed by atoms with E-state index in [1.165, 1.54) is 13.2 Å². The Labute approximate surface area is 118 Å². The van der Waals surface area contributed by atoms with Crippen molar-refractivity contribution in [2.75, 3.05) is 20.2 Å². The van der Waals surface area contributed by atoms with Gasteiger partial charge in [0.15, 0.2) is 11.5 Å². The number of phenolic OH excluding ortho intramolecular Hbond substituents is 1. The Hall–Kier alpha value is -1.75. The number of hydrogen-bond donors (Lipinski definition) is 2. The molecule has 0 amide bonds. The summed E-state index contributed by atoms with van der Waals surface area (Å²) in [5.74, 6) is -0.568. The molecule has 20 heavy (non-hydrogen) atoms. The number of phenols is 1. The summed E-state index contributed by atoms with van der Waals surface area (Å²) in [6, 6.07) is 4.75. The number of methoxy groups -OCH3 is 1. The van der Waals surface area contributed by atoms with Gasteiger partial charge in [-0.3, -0.25) is 4.90 Å². The van der Waals surface area contributed by atoms with Gasteiger partial charge in [0.2, 0.25) is 0 Å². The summed E-state index contributed by atoms with van der Waals surface area (Å²) in [6.45, 7) is 3.25. The average Bonchev–Trinajstić information content (AvgIpc) is 2.47. The molecular formula is C15H21NO4. The second-order valence-corrected chi connectivity index (χ2v) is 5.31. The van der Waals surface area contributed by atoms with Crippen LogP contribution >= 0.6 is 0 Å². The molecule has 1 aliphatic rings. The van der Waals surface area contributed by atoms with Gasteiger partial charge in [-0.25, -0.2) is 4.79 Å². The second kappa shape index (κ2) is 5.71. The SMILES string of the molecule is COc1cc(C(C)(C(=O)O)N2CCCCC2)ccc1O. The Balaban J connectivity index is 2.44. The minimum Gasteiger partial charge on any atom is -0.504 e. The molecule has 5 nitrogen and oxygen atoms in total. The van der Waals surface area contributed by atoms with E-state index in [0.29, 0.717) is 11.3 Å². The van der Waals surface area contributed by atoms with E-state index in [9.17, 15) is 15.0 Å². The molecule has 1 unspecified atom stereocenters. The van der Waals surface area contributed by atoms with Gasteiger partial charge in [-0.1, -0.05) is 12.5 Å². The van der Waals surface area contributed by atoms with Crippen molar-refractivity contribution in [2.45, 2.75) is 31.7 Å². The van der Waals surface area contributed by atoms with Gasteiger partial charge in [-0.05, 0) is 50.6 Å². The minimum atomic E-state index is -1.10. The first-order valence-corrected chi connectivity index (χ1v) is 6.86. The zero-order valence-corrected chi connectivity index (χ0v) is 11.9. The summed E-state index contributed by atoms with van der Waals surface area (Å²) in [5, 5.41) is 19.4. The second-order valence-electron chi connectivity index (χ2n) is 5.31. The highest BCUT2D eigenvalue weighted by Gasteiger charge is 2.42. The van der Waals surface area contributed by atoms with Crippen molar-refractivity contribution in [2.24, 2.45) is 0 Å². The summed E-state index contributed by atoms with van der Waals surface area (Å²) in [5.41, 5.74) is -0.469. The summed E-state index contributed by atoms with van der Waals surface area (Å²) in [6.07, 6.45) is 3.17. The van der Waals surface area contributed by atoms with E-state index >= 15 is 0 Å². The minimum absolute atomic E-state index is 0.0163. The average molecular weight is 279 g/mol. The maximum atomic E-state index is 11.9. The molecule has 0 aliphatic carbocycles. The molecule has 0 aromatic heterocycles. The van der Waals surface area contributed by atoms with Crippen LogP contribution in [0.1, 0.15) is 31.7 Å². The summed E-state index contributed by atoms with van der Waals surface area (Å²) in [4.78, 5) is 13.9. The third-order valence-electron chi connectivity index (χ3n) is 4.15. The van der Waals surface area contributed by atoms with Crippen molar-refractivity contribution >= 4 is 5.97 Å². The molecular weight excluding hydrogens is 258 g/mol. The Morgan fingerprint density at radius 2 is 1.95 bits per heavy atom. The molecule has 1 aromatic rings. The van der Waals surface area contributed by atoms with Gasteiger partial charge in [0.05, 0.1) is 7.11 Å². The maximum absolute atomic E-state index is 11.9. The molecule has 0 bridgehead atoms. The number of aromatic hydroxyl groups is 1. The number of nitrogens with zero attached hydrogens (tertiary/aromatic N) is 1. The van der Waals surface area contributed by atoms with E-state index in [4.69, 9.17) is 4.74 Å². The van der Waals surface area contributed by atoms with Crippen LogP contribution in [-0.4, -0.2) is 41.3 Å². The van der Waals surface area contributed by atoms with Crippen LogP contribution in [0.25, 0.3) is 0 Å². The van der Waals surface area contributed by atoms with E-state index in [1.807, 2.05) is 4.90 Å². The summed E-state index contributed by atoms with van der Waals surface area (Å²) in [7, 11) is 1.46. The monoisotopic (exact) mass is 279 g/mol. The molecule has 0 spiro atoms. The van der Waals surface area contributed by atoms with Crippen LogP contribution in [0.5, 0.6) is 11.5 Å². The van der Waals surface area contributed by atoms with Crippen LogP contribution in [0.2, 0.25) is 0 Å². The Morgan fingerprint density at radius 1 is 1.30 bits per heavy atom. The van der Waals surface area contributed by atoms with Crippen LogP contribution in [0, 0.1) is 0 Å². The molecule has 0 radical (unpaired) electrons. The van der Waals surface area contributed by atoms with Crippen LogP contribution in [0.4, 0.5) is 0 Å². The Kier molecular flexibility index (Phi) is 4.18. The number of likely N-dealkylation sites (tertiary alicyclic amines) is 1. The van der Waals surface area contributed by atoms with Crippen LogP contribution in [-0.2, 0) is 10.3 Å². The summed E-state index contributed by atoms with van der Waals surface area (Å²) < 4.78 is 5.09. The van der Waals surface area contributed by atoms with E-state index < -0.39 is 11.5 Å². The predicted molar refractivity (Wildman–Crippen MR) is 75.1 cm³/mol.